The number of benzene rings is 1. The average Bonchev–Trinajstić information content (AvgIpc) is 2.14. The van der Waals surface area contributed by atoms with Crippen molar-refractivity contribution in [3.05, 3.63) is 35.9 Å². The van der Waals surface area contributed by atoms with Crippen LogP contribution in [0.4, 0.5) is 0 Å². The second-order valence-electron chi connectivity index (χ2n) is 2.56. The van der Waals surface area contributed by atoms with Crippen molar-refractivity contribution in [2.75, 3.05) is 13.2 Å². The van der Waals surface area contributed by atoms with Gasteiger partial charge in [0.1, 0.15) is 0 Å². The zero-order valence-electron chi connectivity index (χ0n) is 7.12. The maximum atomic E-state index is 5.48. The van der Waals surface area contributed by atoms with Gasteiger partial charge >= 0.3 is 0 Å². The molecule has 0 N–H and O–H groups in total. The highest BCUT2D eigenvalue weighted by molar-refractivity contribution is 14.2. The number of nitrogens with zero attached hydrogens (tertiary/aromatic N) is 1. The van der Waals surface area contributed by atoms with E-state index in [1.165, 1.54) is 5.56 Å². The minimum absolute atomic E-state index is 0.710. The monoisotopic (exact) mass is 403 g/mol. The maximum absolute atomic E-state index is 5.48. The summed E-state index contributed by atoms with van der Waals surface area (Å²) < 4.78 is 7.54. The van der Waals surface area contributed by atoms with Gasteiger partial charge < -0.3 is 4.74 Å². The molecule has 0 unspecified atom stereocenters. The molecule has 0 aliphatic heterocycles. The first kappa shape index (κ1) is 11.7. The summed E-state index contributed by atoms with van der Waals surface area (Å²) in [7, 11) is 0. The zero-order chi connectivity index (χ0) is 9.52. The van der Waals surface area contributed by atoms with Crippen LogP contribution in [0.3, 0.4) is 0 Å². The Morgan fingerprint density at radius 3 is 2.46 bits per heavy atom. The molecule has 72 valence electrons. The second-order valence-corrected chi connectivity index (χ2v) is 6.74. The van der Waals surface area contributed by atoms with Crippen LogP contribution in [0.2, 0.25) is 0 Å². The minimum Gasteiger partial charge on any atom is -0.375 e. The lowest BCUT2D eigenvalue weighted by Crippen LogP contribution is -2.07. The zero-order valence-corrected chi connectivity index (χ0v) is 11.4. The topological polar surface area (TPSA) is 12.5 Å². The molecule has 0 spiro atoms. The van der Waals surface area contributed by atoms with Gasteiger partial charge in [0.05, 0.1) is 13.2 Å². The number of rotatable bonds is 5. The Morgan fingerprint density at radius 2 is 1.85 bits per heavy atom. The second kappa shape index (κ2) is 6.97. The van der Waals surface area contributed by atoms with Gasteiger partial charge in [-0.25, -0.2) is 0 Å². The quantitative estimate of drug-likeness (QED) is 0.426. The molecule has 1 aromatic rings. The summed E-state index contributed by atoms with van der Waals surface area (Å²) in [6, 6.07) is 10.2. The fourth-order valence-electron chi connectivity index (χ4n) is 0.898. The van der Waals surface area contributed by atoms with Crippen molar-refractivity contribution < 1.29 is 4.74 Å². The Kier molecular flexibility index (Phi) is 6.26. The summed E-state index contributed by atoms with van der Waals surface area (Å²) in [6.45, 7) is 2.44. The Balaban J connectivity index is 2.13. The summed E-state index contributed by atoms with van der Waals surface area (Å²) in [5.41, 5.74) is 1.23. The lowest BCUT2D eigenvalue weighted by molar-refractivity contribution is 0.123. The van der Waals surface area contributed by atoms with Gasteiger partial charge in [-0.3, -0.25) is 0 Å². The molecule has 0 radical (unpaired) electrons. The molecular formula is C9H11I2NO. The smallest absolute Gasteiger partial charge is 0.0717 e. The summed E-state index contributed by atoms with van der Waals surface area (Å²) >= 11 is 4.47. The normalized spacial score (nSPS) is 10.7. The lowest BCUT2D eigenvalue weighted by Gasteiger charge is -2.06. The van der Waals surface area contributed by atoms with E-state index in [1.54, 1.807) is 0 Å². The summed E-state index contributed by atoms with van der Waals surface area (Å²) in [4.78, 5) is 0. The minimum atomic E-state index is 0.710. The van der Waals surface area contributed by atoms with Gasteiger partial charge in [-0.1, -0.05) is 30.3 Å². The van der Waals surface area contributed by atoms with E-state index in [1.807, 2.05) is 18.2 Å². The molecule has 0 aliphatic rings. The molecule has 0 aromatic heterocycles. The summed E-state index contributed by atoms with van der Waals surface area (Å²) in [6.07, 6.45) is 0. The first-order valence-electron chi connectivity index (χ1n) is 4.00. The average molecular weight is 403 g/mol. The fraction of sp³-hybridized carbons (Fsp3) is 0.333. The third kappa shape index (κ3) is 5.82. The first-order chi connectivity index (χ1) is 6.29. The lowest BCUT2D eigenvalue weighted by atomic mass is 10.2. The van der Waals surface area contributed by atoms with Crippen molar-refractivity contribution >= 4 is 45.7 Å². The predicted octanol–water partition coefficient (Wildman–Crippen LogP) is 3.21. The number of ether oxygens (including phenoxy) is 1. The molecule has 0 heterocycles. The standard InChI is InChI=1S/C9H11I2NO/c10-12(11)6-7-13-8-9-4-2-1-3-5-9/h1-5H,6-8H2. The van der Waals surface area contributed by atoms with Crippen LogP contribution in [0.15, 0.2) is 30.3 Å². The van der Waals surface area contributed by atoms with Crippen molar-refractivity contribution in [2.45, 2.75) is 6.61 Å². The predicted molar refractivity (Wildman–Crippen MR) is 70.8 cm³/mol. The summed E-state index contributed by atoms with van der Waals surface area (Å²) in [5, 5.41) is 0. The maximum Gasteiger partial charge on any atom is 0.0717 e. The SMILES string of the molecule is IN(I)CCOCc1ccccc1. The van der Waals surface area contributed by atoms with Crippen molar-refractivity contribution in [3.63, 3.8) is 0 Å². The molecule has 0 amide bonds. The highest BCUT2D eigenvalue weighted by Gasteiger charge is 1.94. The van der Waals surface area contributed by atoms with Gasteiger partial charge in [0.25, 0.3) is 0 Å². The van der Waals surface area contributed by atoms with Gasteiger partial charge in [0.2, 0.25) is 0 Å². The van der Waals surface area contributed by atoms with Crippen molar-refractivity contribution in [1.29, 1.82) is 0 Å². The molecule has 0 bridgehead atoms. The Morgan fingerprint density at radius 1 is 1.15 bits per heavy atom. The highest BCUT2D eigenvalue weighted by Crippen LogP contribution is 2.06. The number of hydrogen-bond acceptors (Lipinski definition) is 2. The Hall–Kier alpha value is 0.600. The molecule has 4 heteroatoms. The number of halogens is 2. The van der Waals surface area contributed by atoms with Crippen LogP contribution in [0.1, 0.15) is 5.56 Å². The molecule has 0 aliphatic carbocycles. The van der Waals surface area contributed by atoms with E-state index in [9.17, 15) is 0 Å². The Bertz CT molecular complexity index is 228. The van der Waals surface area contributed by atoms with Gasteiger partial charge in [0, 0.05) is 52.3 Å². The van der Waals surface area contributed by atoms with Crippen LogP contribution >= 0.6 is 45.7 Å². The fourth-order valence-corrected chi connectivity index (χ4v) is 1.29. The van der Waals surface area contributed by atoms with Gasteiger partial charge in [-0.15, -0.1) is 0 Å². The molecule has 0 saturated carbocycles. The third-order valence-corrected chi connectivity index (χ3v) is 2.48. The highest BCUT2D eigenvalue weighted by atomic mass is 127. The van der Waals surface area contributed by atoms with Crippen molar-refractivity contribution in [2.24, 2.45) is 0 Å². The first-order valence-corrected chi connectivity index (χ1v) is 5.93. The van der Waals surface area contributed by atoms with E-state index in [0.717, 1.165) is 13.2 Å². The van der Waals surface area contributed by atoms with Crippen LogP contribution in [0, 0.1) is 0 Å². The van der Waals surface area contributed by atoms with E-state index in [2.05, 4.69) is 59.2 Å². The molecular weight excluding hydrogens is 392 g/mol. The van der Waals surface area contributed by atoms with Crippen molar-refractivity contribution in [3.8, 4) is 0 Å². The van der Waals surface area contributed by atoms with Gasteiger partial charge in [-0.05, 0) is 5.56 Å². The molecule has 0 atom stereocenters. The van der Waals surface area contributed by atoms with Crippen LogP contribution in [0.5, 0.6) is 0 Å². The van der Waals surface area contributed by atoms with Crippen LogP contribution in [-0.2, 0) is 11.3 Å². The molecule has 0 saturated heterocycles. The summed E-state index contributed by atoms with van der Waals surface area (Å²) in [5.74, 6) is 0. The van der Waals surface area contributed by atoms with E-state index in [-0.39, 0.29) is 0 Å². The molecule has 2 nitrogen and oxygen atoms in total. The molecule has 0 fully saturated rings. The van der Waals surface area contributed by atoms with E-state index in [4.69, 9.17) is 4.74 Å². The van der Waals surface area contributed by atoms with E-state index in [0.29, 0.717) is 6.61 Å². The van der Waals surface area contributed by atoms with Crippen molar-refractivity contribution in [1.82, 2.24) is 1.33 Å². The molecule has 1 rings (SSSR count). The van der Waals surface area contributed by atoms with E-state index < -0.39 is 0 Å². The van der Waals surface area contributed by atoms with Crippen LogP contribution in [-0.4, -0.2) is 14.5 Å². The van der Waals surface area contributed by atoms with Crippen LogP contribution < -0.4 is 0 Å². The van der Waals surface area contributed by atoms with E-state index >= 15 is 0 Å². The van der Waals surface area contributed by atoms with Gasteiger partial charge in [-0.2, -0.15) is 1.33 Å². The largest absolute Gasteiger partial charge is 0.375 e. The Labute approximate surface area is 107 Å². The van der Waals surface area contributed by atoms with Crippen LogP contribution in [0.25, 0.3) is 0 Å². The third-order valence-electron chi connectivity index (χ3n) is 1.52. The molecule has 13 heavy (non-hydrogen) atoms. The molecule has 1 aromatic carbocycles. The number of hydrogen-bond donors (Lipinski definition) is 0. The van der Waals surface area contributed by atoms with Gasteiger partial charge in [0.15, 0.2) is 0 Å².